The van der Waals surface area contributed by atoms with E-state index < -0.39 is 11.4 Å². The maximum atomic E-state index is 11.6. The van der Waals surface area contributed by atoms with E-state index in [2.05, 4.69) is 5.10 Å². The Labute approximate surface area is 99.4 Å². The van der Waals surface area contributed by atoms with Crippen molar-refractivity contribution in [3.8, 4) is 0 Å². The molecule has 0 saturated heterocycles. The molecule has 1 N–H and O–H groups in total. The average molecular weight is 236 g/mol. The second-order valence-corrected chi connectivity index (χ2v) is 4.73. The Kier molecular flexibility index (Phi) is 2.77. The van der Waals surface area contributed by atoms with Crippen molar-refractivity contribution in [2.75, 3.05) is 0 Å². The first-order valence-corrected chi connectivity index (χ1v) is 5.71. The molecule has 1 heterocycles. The highest BCUT2D eigenvalue weighted by Gasteiger charge is 2.46. The molecule has 1 aliphatic carbocycles. The minimum absolute atomic E-state index is 0.154. The predicted molar refractivity (Wildman–Crippen MR) is 60.7 cm³/mol. The second kappa shape index (κ2) is 3.98. The zero-order valence-electron chi connectivity index (χ0n) is 10.1. The molecule has 0 radical (unpaired) electrons. The maximum absolute atomic E-state index is 11.6. The van der Waals surface area contributed by atoms with Crippen LogP contribution < -0.4 is 0 Å². The first kappa shape index (κ1) is 11.8. The van der Waals surface area contributed by atoms with E-state index in [1.165, 1.54) is 0 Å². The van der Waals surface area contributed by atoms with Crippen LogP contribution in [-0.2, 0) is 22.1 Å². The fourth-order valence-corrected chi connectivity index (χ4v) is 2.74. The van der Waals surface area contributed by atoms with Crippen molar-refractivity contribution >= 4 is 11.8 Å². The molecular weight excluding hydrogens is 220 g/mol. The molecule has 0 spiro atoms. The Morgan fingerprint density at radius 1 is 1.47 bits per heavy atom. The maximum Gasteiger partial charge on any atom is 0.315 e. The van der Waals surface area contributed by atoms with Crippen LogP contribution in [0.2, 0.25) is 0 Å². The molecular formula is C12H16N2O3. The SMILES string of the molecule is Cc1cnn(C)c1C1(C(=O)O)CCC(=O)CC1. The molecule has 0 aromatic carbocycles. The summed E-state index contributed by atoms with van der Waals surface area (Å²) in [5.41, 5.74) is 0.672. The minimum atomic E-state index is -0.941. The van der Waals surface area contributed by atoms with Crippen molar-refractivity contribution in [3.05, 3.63) is 17.5 Å². The Morgan fingerprint density at radius 2 is 2.06 bits per heavy atom. The van der Waals surface area contributed by atoms with Gasteiger partial charge < -0.3 is 5.11 Å². The number of carboxylic acids is 1. The quantitative estimate of drug-likeness (QED) is 0.837. The zero-order valence-corrected chi connectivity index (χ0v) is 10.1. The van der Waals surface area contributed by atoms with Gasteiger partial charge in [-0.15, -0.1) is 0 Å². The molecule has 0 aliphatic heterocycles. The van der Waals surface area contributed by atoms with E-state index in [9.17, 15) is 14.7 Å². The van der Waals surface area contributed by atoms with Gasteiger partial charge in [-0.2, -0.15) is 5.10 Å². The van der Waals surface area contributed by atoms with E-state index in [-0.39, 0.29) is 5.78 Å². The zero-order chi connectivity index (χ0) is 12.6. The van der Waals surface area contributed by atoms with Gasteiger partial charge in [0.05, 0.1) is 11.9 Å². The third-order valence-electron chi connectivity index (χ3n) is 3.65. The van der Waals surface area contributed by atoms with Crippen LogP contribution in [0.4, 0.5) is 0 Å². The van der Waals surface area contributed by atoms with E-state index in [1.807, 2.05) is 6.92 Å². The monoisotopic (exact) mass is 236 g/mol. The van der Waals surface area contributed by atoms with E-state index >= 15 is 0 Å². The molecule has 1 aromatic rings. The number of carbonyl (C=O) groups is 2. The van der Waals surface area contributed by atoms with Gasteiger partial charge in [0, 0.05) is 19.9 Å². The summed E-state index contributed by atoms with van der Waals surface area (Å²) in [5, 5.41) is 13.6. The summed E-state index contributed by atoms with van der Waals surface area (Å²) in [6, 6.07) is 0. The molecule has 5 heteroatoms. The normalized spacial score (nSPS) is 19.3. The molecule has 0 bridgehead atoms. The first-order chi connectivity index (χ1) is 7.97. The van der Waals surface area contributed by atoms with Crippen LogP contribution in [-0.4, -0.2) is 26.6 Å². The lowest BCUT2D eigenvalue weighted by molar-refractivity contribution is -0.146. The molecule has 5 nitrogen and oxygen atoms in total. The number of hydrogen-bond acceptors (Lipinski definition) is 3. The number of hydrogen-bond donors (Lipinski definition) is 1. The molecule has 1 aromatic heterocycles. The van der Waals surface area contributed by atoms with Crippen LogP contribution in [0, 0.1) is 6.92 Å². The smallest absolute Gasteiger partial charge is 0.315 e. The summed E-state index contributed by atoms with van der Waals surface area (Å²) in [6.07, 6.45) is 3.12. The van der Waals surface area contributed by atoms with E-state index in [4.69, 9.17) is 0 Å². The minimum Gasteiger partial charge on any atom is -0.481 e. The number of carbonyl (C=O) groups excluding carboxylic acids is 1. The summed E-state index contributed by atoms with van der Waals surface area (Å²) in [5.74, 6) is -0.696. The van der Waals surface area contributed by atoms with Crippen molar-refractivity contribution in [1.29, 1.82) is 0 Å². The number of Topliss-reactive ketones (excluding diaryl/α,β-unsaturated/α-hetero) is 1. The molecule has 1 fully saturated rings. The Hall–Kier alpha value is -1.65. The molecule has 17 heavy (non-hydrogen) atoms. The lowest BCUT2D eigenvalue weighted by Gasteiger charge is -2.33. The number of ketones is 1. The molecule has 1 saturated carbocycles. The molecule has 0 unspecified atom stereocenters. The predicted octanol–water partition coefficient (Wildman–Crippen LogP) is 1.19. The van der Waals surface area contributed by atoms with Crippen LogP contribution in [0.5, 0.6) is 0 Å². The summed E-state index contributed by atoms with van der Waals surface area (Å²) in [7, 11) is 1.75. The number of rotatable bonds is 2. The Bertz CT molecular complexity index is 447. The van der Waals surface area contributed by atoms with Crippen LogP contribution in [0.3, 0.4) is 0 Å². The standard InChI is InChI=1S/C12H16N2O3/c1-8-7-13-14(2)10(8)12(11(16)17)5-3-9(15)4-6-12/h7H,3-6H2,1-2H3,(H,16,17). The number of aromatic nitrogens is 2. The second-order valence-electron chi connectivity index (χ2n) is 4.73. The number of nitrogens with zero attached hydrogens (tertiary/aromatic N) is 2. The van der Waals surface area contributed by atoms with Crippen molar-refractivity contribution in [2.45, 2.75) is 38.0 Å². The lowest BCUT2D eigenvalue weighted by Crippen LogP contribution is -2.41. The van der Waals surface area contributed by atoms with Gasteiger partial charge in [-0.05, 0) is 25.3 Å². The Balaban J connectivity index is 2.49. The van der Waals surface area contributed by atoms with E-state index in [0.29, 0.717) is 25.7 Å². The highest BCUT2D eigenvalue weighted by Crippen LogP contribution is 2.39. The van der Waals surface area contributed by atoms with Crippen molar-refractivity contribution in [1.82, 2.24) is 9.78 Å². The van der Waals surface area contributed by atoms with Gasteiger partial charge in [0.1, 0.15) is 11.2 Å². The van der Waals surface area contributed by atoms with Gasteiger partial charge in [-0.3, -0.25) is 14.3 Å². The van der Waals surface area contributed by atoms with E-state index in [1.54, 1.807) is 17.9 Å². The molecule has 0 amide bonds. The lowest BCUT2D eigenvalue weighted by atomic mass is 9.70. The van der Waals surface area contributed by atoms with Gasteiger partial charge >= 0.3 is 5.97 Å². The average Bonchev–Trinajstić information content (AvgIpc) is 2.61. The van der Waals surface area contributed by atoms with Crippen LogP contribution in [0.1, 0.15) is 36.9 Å². The highest BCUT2D eigenvalue weighted by atomic mass is 16.4. The summed E-state index contributed by atoms with van der Waals surface area (Å²) >= 11 is 0. The summed E-state index contributed by atoms with van der Waals surface area (Å²) in [6.45, 7) is 1.86. The number of aryl methyl sites for hydroxylation is 2. The molecule has 1 aliphatic rings. The number of carboxylic acid groups (broad SMARTS) is 1. The molecule has 92 valence electrons. The number of aliphatic carboxylic acids is 1. The van der Waals surface area contributed by atoms with Crippen molar-refractivity contribution < 1.29 is 14.7 Å². The van der Waals surface area contributed by atoms with Crippen LogP contribution >= 0.6 is 0 Å². The van der Waals surface area contributed by atoms with Gasteiger partial charge in [0.15, 0.2) is 0 Å². The third kappa shape index (κ3) is 1.75. The third-order valence-corrected chi connectivity index (χ3v) is 3.65. The molecule has 2 rings (SSSR count). The van der Waals surface area contributed by atoms with Gasteiger partial charge in [0.25, 0.3) is 0 Å². The van der Waals surface area contributed by atoms with Crippen LogP contribution in [0.25, 0.3) is 0 Å². The van der Waals surface area contributed by atoms with Gasteiger partial charge in [0.2, 0.25) is 0 Å². The van der Waals surface area contributed by atoms with Gasteiger partial charge in [-0.25, -0.2) is 0 Å². The summed E-state index contributed by atoms with van der Waals surface area (Å²) in [4.78, 5) is 22.9. The summed E-state index contributed by atoms with van der Waals surface area (Å²) < 4.78 is 1.62. The Morgan fingerprint density at radius 3 is 2.47 bits per heavy atom. The fourth-order valence-electron chi connectivity index (χ4n) is 2.74. The van der Waals surface area contributed by atoms with Crippen molar-refractivity contribution in [2.24, 2.45) is 7.05 Å². The highest BCUT2D eigenvalue weighted by molar-refractivity contribution is 5.87. The van der Waals surface area contributed by atoms with E-state index in [0.717, 1.165) is 11.3 Å². The van der Waals surface area contributed by atoms with Gasteiger partial charge in [-0.1, -0.05) is 0 Å². The largest absolute Gasteiger partial charge is 0.481 e. The van der Waals surface area contributed by atoms with Crippen molar-refractivity contribution in [3.63, 3.8) is 0 Å². The first-order valence-electron chi connectivity index (χ1n) is 5.71. The molecule has 0 atom stereocenters. The fraction of sp³-hybridized carbons (Fsp3) is 0.583. The topological polar surface area (TPSA) is 72.2 Å². The van der Waals surface area contributed by atoms with Crippen LogP contribution in [0.15, 0.2) is 6.20 Å².